The molecule has 0 aliphatic carbocycles. The highest BCUT2D eigenvalue weighted by Gasteiger charge is 2.11. The minimum atomic E-state index is -0.393. The van der Waals surface area contributed by atoms with Gasteiger partial charge in [0.1, 0.15) is 5.75 Å². The van der Waals surface area contributed by atoms with Crippen molar-refractivity contribution in [2.24, 2.45) is 0 Å². The lowest BCUT2D eigenvalue weighted by Crippen LogP contribution is -2.15. The number of anilines is 1. The summed E-state index contributed by atoms with van der Waals surface area (Å²) < 4.78 is 12.1. The molecule has 0 amide bonds. The molecule has 2 aromatic carbocycles. The Bertz CT molecular complexity index is 817. The van der Waals surface area contributed by atoms with Crippen LogP contribution in [0.15, 0.2) is 51.7 Å². The Kier molecular flexibility index (Phi) is 2.95. The van der Waals surface area contributed by atoms with E-state index in [4.69, 9.17) is 14.9 Å². The van der Waals surface area contributed by atoms with Gasteiger partial charge < -0.3 is 14.9 Å². The Balaban J connectivity index is 2.12. The maximum Gasteiger partial charge on any atom is 0.420 e. The van der Waals surface area contributed by atoms with Gasteiger partial charge in [-0.15, -0.1) is 0 Å². The zero-order valence-electron chi connectivity index (χ0n) is 11.0. The summed E-state index contributed by atoms with van der Waals surface area (Å²) in [5, 5.41) is 0. The summed E-state index contributed by atoms with van der Waals surface area (Å²) in [5.74, 6) is 0.298. The van der Waals surface area contributed by atoms with Crippen molar-refractivity contribution in [2.45, 2.75) is 6.54 Å². The van der Waals surface area contributed by atoms with Crippen LogP contribution < -0.4 is 16.2 Å². The van der Waals surface area contributed by atoms with Gasteiger partial charge in [0.15, 0.2) is 5.58 Å². The summed E-state index contributed by atoms with van der Waals surface area (Å²) in [6, 6.07) is 12.7. The zero-order valence-corrected chi connectivity index (χ0v) is 11.0. The highest BCUT2D eigenvalue weighted by molar-refractivity contribution is 5.72. The minimum absolute atomic E-state index is 0.351. The van der Waals surface area contributed by atoms with Crippen LogP contribution >= 0.6 is 0 Å². The van der Waals surface area contributed by atoms with Crippen molar-refractivity contribution in [2.75, 3.05) is 12.8 Å². The molecular formula is C15H14N2O3. The van der Waals surface area contributed by atoms with Gasteiger partial charge in [-0.3, -0.25) is 4.57 Å². The molecule has 0 saturated carbocycles. The Labute approximate surface area is 115 Å². The van der Waals surface area contributed by atoms with E-state index in [1.807, 2.05) is 18.2 Å². The molecule has 0 radical (unpaired) electrons. The molecule has 1 aromatic heterocycles. The smallest absolute Gasteiger partial charge is 0.420 e. The van der Waals surface area contributed by atoms with Crippen LogP contribution in [0.3, 0.4) is 0 Å². The molecule has 5 heteroatoms. The van der Waals surface area contributed by atoms with Crippen molar-refractivity contribution in [3.8, 4) is 5.75 Å². The first kappa shape index (κ1) is 12.3. The number of hydrogen-bond acceptors (Lipinski definition) is 4. The number of para-hydroxylation sites is 2. The lowest BCUT2D eigenvalue weighted by molar-refractivity contribution is 0.407. The van der Waals surface area contributed by atoms with Gasteiger partial charge in [-0.1, -0.05) is 12.1 Å². The van der Waals surface area contributed by atoms with Crippen LogP contribution in [0.5, 0.6) is 5.75 Å². The van der Waals surface area contributed by atoms with Gasteiger partial charge in [-0.2, -0.15) is 0 Å². The molecular weight excluding hydrogens is 256 g/mol. The summed E-state index contributed by atoms with van der Waals surface area (Å²) >= 11 is 0. The van der Waals surface area contributed by atoms with Crippen molar-refractivity contribution in [3.05, 3.63) is 58.6 Å². The van der Waals surface area contributed by atoms with Crippen LogP contribution in [-0.2, 0) is 6.54 Å². The number of nitrogen functional groups attached to an aromatic ring is 1. The third kappa shape index (κ3) is 2.03. The van der Waals surface area contributed by atoms with Gasteiger partial charge in [0.2, 0.25) is 0 Å². The lowest BCUT2D eigenvalue weighted by Gasteiger charge is -2.09. The normalized spacial score (nSPS) is 10.8. The summed E-state index contributed by atoms with van der Waals surface area (Å²) in [5.41, 5.74) is 8.58. The van der Waals surface area contributed by atoms with Crippen LogP contribution in [0.1, 0.15) is 5.56 Å². The van der Waals surface area contributed by atoms with E-state index in [2.05, 4.69) is 0 Å². The topological polar surface area (TPSA) is 70.4 Å². The molecule has 0 aliphatic heterocycles. The van der Waals surface area contributed by atoms with Gasteiger partial charge in [-0.25, -0.2) is 4.79 Å². The average Bonchev–Trinajstić information content (AvgIpc) is 2.76. The number of fused-ring (bicyclic) bond motifs is 1. The molecule has 5 nitrogen and oxygen atoms in total. The summed E-state index contributed by atoms with van der Waals surface area (Å²) in [6.45, 7) is 0.351. The van der Waals surface area contributed by atoms with E-state index in [0.717, 1.165) is 11.1 Å². The first-order chi connectivity index (χ1) is 9.69. The van der Waals surface area contributed by atoms with Crippen LogP contribution in [0.2, 0.25) is 0 Å². The van der Waals surface area contributed by atoms with E-state index < -0.39 is 5.76 Å². The van der Waals surface area contributed by atoms with E-state index >= 15 is 0 Å². The predicted molar refractivity (Wildman–Crippen MR) is 77.0 cm³/mol. The van der Waals surface area contributed by atoms with E-state index in [9.17, 15) is 4.79 Å². The van der Waals surface area contributed by atoms with E-state index in [1.165, 1.54) is 0 Å². The van der Waals surface area contributed by atoms with Crippen LogP contribution in [0.25, 0.3) is 11.1 Å². The summed E-state index contributed by atoms with van der Waals surface area (Å²) in [4.78, 5) is 12.0. The molecule has 0 unspecified atom stereocenters. The van der Waals surface area contributed by atoms with Gasteiger partial charge >= 0.3 is 5.76 Å². The van der Waals surface area contributed by atoms with E-state index in [0.29, 0.717) is 23.6 Å². The number of rotatable bonds is 3. The molecule has 3 rings (SSSR count). The lowest BCUT2D eigenvalue weighted by atomic mass is 10.1. The molecule has 0 atom stereocenters. The number of nitrogens with zero attached hydrogens (tertiary/aromatic N) is 1. The second-order valence-corrected chi connectivity index (χ2v) is 4.49. The molecule has 1 heterocycles. The quantitative estimate of drug-likeness (QED) is 0.741. The first-order valence-corrected chi connectivity index (χ1v) is 6.20. The maximum atomic E-state index is 12.0. The number of oxazole rings is 1. The monoisotopic (exact) mass is 270 g/mol. The number of methoxy groups -OCH3 is 1. The zero-order chi connectivity index (χ0) is 14.1. The number of nitrogens with two attached hydrogens (primary N) is 1. The molecule has 3 aromatic rings. The fourth-order valence-corrected chi connectivity index (χ4v) is 2.26. The fourth-order valence-electron chi connectivity index (χ4n) is 2.26. The summed E-state index contributed by atoms with van der Waals surface area (Å²) in [6.07, 6.45) is 0. The number of ether oxygens (including phenoxy) is 1. The van der Waals surface area contributed by atoms with Crippen molar-refractivity contribution in [3.63, 3.8) is 0 Å². The Morgan fingerprint density at radius 1 is 1.25 bits per heavy atom. The average molecular weight is 270 g/mol. The van der Waals surface area contributed by atoms with Crippen LogP contribution in [-0.4, -0.2) is 11.7 Å². The molecule has 2 N–H and O–H groups in total. The predicted octanol–water partition coefficient (Wildman–Crippen LogP) is 2.23. The second kappa shape index (κ2) is 4.77. The Hall–Kier alpha value is -2.69. The maximum absolute atomic E-state index is 12.0. The fraction of sp³-hybridized carbons (Fsp3) is 0.133. The minimum Gasteiger partial charge on any atom is -0.496 e. The highest BCUT2D eigenvalue weighted by Crippen LogP contribution is 2.23. The Morgan fingerprint density at radius 2 is 2.05 bits per heavy atom. The van der Waals surface area contributed by atoms with Crippen molar-refractivity contribution in [1.82, 2.24) is 4.57 Å². The molecule has 0 bridgehead atoms. The summed E-state index contributed by atoms with van der Waals surface area (Å²) in [7, 11) is 1.59. The molecule has 20 heavy (non-hydrogen) atoms. The SMILES string of the molecule is COc1ccc(N)cc1Cn1c(=O)oc2ccccc21. The third-order valence-corrected chi connectivity index (χ3v) is 3.21. The third-order valence-electron chi connectivity index (χ3n) is 3.21. The van der Waals surface area contributed by atoms with Gasteiger partial charge in [0, 0.05) is 11.3 Å². The second-order valence-electron chi connectivity index (χ2n) is 4.49. The van der Waals surface area contributed by atoms with Gasteiger partial charge in [-0.05, 0) is 30.3 Å². The number of benzene rings is 2. The molecule has 102 valence electrons. The van der Waals surface area contributed by atoms with Crippen LogP contribution in [0, 0.1) is 0 Å². The molecule has 0 spiro atoms. The van der Waals surface area contributed by atoms with E-state index in [-0.39, 0.29) is 0 Å². The van der Waals surface area contributed by atoms with Crippen molar-refractivity contribution in [1.29, 1.82) is 0 Å². The van der Waals surface area contributed by atoms with Gasteiger partial charge in [0.25, 0.3) is 0 Å². The van der Waals surface area contributed by atoms with Crippen LogP contribution in [0.4, 0.5) is 5.69 Å². The number of aromatic nitrogens is 1. The van der Waals surface area contributed by atoms with E-state index in [1.54, 1.807) is 35.9 Å². The van der Waals surface area contributed by atoms with Gasteiger partial charge in [0.05, 0.1) is 19.2 Å². The molecule has 0 fully saturated rings. The molecule has 0 aliphatic rings. The molecule has 0 saturated heterocycles. The highest BCUT2D eigenvalue weighted by atomic mass is 16.5. The largest absolute Gasteiger partial charge is 0.496 e. The van der Waals surface area contributed by atoms with Crippen molar-refractivity contribution < 1.29 is 9.15 Å². The Morgan fingerprint density at radius 3 is 2.85 bits per heavy atom. The first-order valence-electron chi connectivity index (χ1n) is 6.20. The van der Waals surface area contributed by atoms with Crippen molar-refractivity contribution >= 4 is 16.8 Å². The number of hydrogen-bond donors (Lipinski definition) is 1. The standard InChI is InChI=1S/C15H14N2O3/c1-19-13-7-6-11(16)8-10(13)9-17-12-4-2-3-5-14(12)20-15(17)18/h2-8H,9,16H2,1H3.